The minimum absolute atomic E-state index is 0.130. The van der Waals surface area contributed by atoms with E-state index >= 15 is 0 Å². The fourth-order valence-electron chi connectivity index (χ4n) is 3.38. The number of Topliss-reactive ketones (excluding diaryl/α,β-unsaturated/α-hetero) is 1. The second-order valence-corrected chi connectivity index (χ2v) is 8.78. The number of carbonyl (C=O) groups is 3. The third-order valence-corrected chi connectivity index (χ3v) is 6.89. The number of hydrogen-bond donors (Lipinski definition) is 1. The number of amides is 1. The number of aryl methyl sites for hydroxylation is 1. The van der Waals surface area contributed by atoms with Gasteiger partial charge in [0.05, 0.1) is 17.9 Å². The summed E-state index contributed by atoms with van der Waals surface area (Å²) in [5.41, 5.74) is 0.375. The normalized spacial score (nSPS) is 16.0. The average Bonchev–Trinajstić information content (AvgIpc) is 3.48. The Morgan fingerprint density at radius 1 is 1.25 bits per heavy atom. The van der Waals surface area contributed by atoms with E-state index in [1.165, 1.54) is 28.4 Å². The van der Waals surface area contributed by atoms with Gasteiger partial charge >= 0.3 is 5.97 Å². The second kappa shape index (κ2) is 8.64. The lowest BCUT2D eigenvalue weighted by atomic mass is 9.97. The topological polar surface area (TPSA) is 96.8 Å². The van der Waals surface area contributed by atoms with Gasteiger partial charge in [-0.3, -0.25) is 14.5 Å². The first-order valence-electron chi connectivity index (χ1n) is 9.58. The lowest BCUT2D eigenvalue weighted by Crippen LogP contribution is -2.30. The molecule has 1 amide bonds. The Kier molecular flexibility index (Phi) is 5.90. The number of thiazole rings is 1. The van der Waals surface area contributed by atoms with E-state index in [2.05, 4.69) is 4.98 Å². The van der Waals surface area contributed by atoms with E-state index in [-0.39, 0.29) is 27.8 Å². The fourth-order valence-corrected chi connectivity index (χ4v) is 5.19. The molecule has 3 aromatic rings. The number of carbonyl (C=O) groups excluding carboxylic acids is 3. The van der Waals surface area contributed by atoms with Crippen LogP contribution in [0.25, 0.3) is 0 Å². The first-order valence-corrected chi connectivity index (χ1v) is 11.3. The number of rotatable bonds is 6. The number of aliphatic hydroxyl groups is 1. The van der Waals surface area contributed by atoms with Gasteiger partial charge in [-0.15, -0.1) is 11.3 Å². The van der Waals surface area contributed by atoms with Crippen molar-refractivity contribution in [2.75, 3.05) is 11.5 Å². The number of aliphatic hydroxyl groups excluding tert-OH is 1. The van der Waals surface area contributed by atoms with Crippen molar-refractivity contribution in [1.29, 1.82) is 0 Å². The zero-order chi connectivity index (χ0) is 23.0. The van der Waals surface area contributed by atoms with Crippen LogP contribution in [0.1, 0.15) is 43.6 Å². The standard InChI is InChI=1S/C22H17FN2O5S2/c1-3-30-21(29)19-11(2)24-22(32-19)25-16(14-5-4-10-31-14)15(18(27)20(25)28)17(26)12-6-8-13(23)9-7-12/h4-10,16,27H,3H2,1-2H3. The molecule has 7 nitrogen and oxygen atoms in total. The minimum atomic E-state index is -0.944. The predicted molar refractivity (Wildman–Crippen MR) is 118 cm³/mol. The Morgan fingerprint density at radius 2 is 1.97 bits per heavy atom. The van der Waals surface area contributed by atoms with E-state index in [9.17, 15) is 23.9 Å². The van der Waals surface area contributed by atoms with Gasteiger partial charge in [-0.25, -0.2) is 14.2 Å². The maximum Gasteiger partial charge on any atom is 0.350 e. The summed E-state index contributed by atoms with van der Waals surface area (Å²) >= 11 is 2.25. The molecule has 1 aromatic carbocycles. The Balaban J connectivity index is 1.81. The Bertz CT molecular complexity index is 1230. The summed E-state index contributed by atoms with van der Waals surface area (Å²) in [6.07, 6.45) is 0. The molecule has 1 unspecified atom stereocenters. The van der Waals surface area contributed by atoms with Crippen LogP contribution in [-0.4, -0.2) is 34.4 Å². The molecule has 3 heterocycles. The van der Waals surface area contributed by atoms with Crippen LogP contribution in [0.3, 0.4) is 0 Å². The van der Waals surface area contributed by atoms with E-state index in [0.717, 1.165) is 23.5 Å². The van der Waals surface area contributed by atoms with Gasteiger partial charge in [-0.1, -0.05) is 17.4 Å². The van der Waals surface area contributed by atoms with Crippen LogP contribution in [0, 0.1) is 12.7 Å². The highest BCUT2D eigenvalue weighted by molar-refractivity contribution is 7.17. The van der Waals surface area contributed by atoms with Crippen molar-refractivity contribution >= 4 is 45.5 Å². The Morgan fingerprint density at radius 3 is 2.59 bits per heavy atom. The van der Waals surface area contributed by atoms with Crippen LogP contribution >= 0.6 is 22.7 Å². The first kappa shape index (κ1) is 21.8. The molecule has 0 saturated heterocycles. The molecule has 0 saturated carbocycles. The van der Waals surface area contributed by atoms with Crippen molar-refractivity contribution in [3.63, 3.8) is 0 Å². The second-order valence-electron chi connectivity index (χ2n) is 6.82. The summed E-state index contributed by atoms with van der Waals surface area (Å²) in [6, 6.07) is 7.41. The molecule has 10 heteroatoms. The van der Waals surface area contributed by atoms with Crippen molar-refractivity contribution in [2.24, 2.45) is 0 Å². The lowest BCUT2D eigenvalue weighted by Gasteiger charge is -2.23. The summed E-state index contributed by atoms with van der Waals surface area (Å²) in [6.45, 7) is 3.48. The van der Waals surface area contributed by atoms with Gasteiger partial charge in [0, 0.05) is 10.4 Å². The van der Waals surface area contributed by atoms with Crippen LogP contribution in [-0.2, 0) is 9.53 Å². The van der Waals surface area contributed by atoms with Gasteiger partial charge in [0.2, 0.25) is 0 Å². The zero-order valence-corrected chi connectivity index (χ0v) is 18.6. The number of benzene rings is 1. The number of esters is 1. The largest absolute Gasteiger partial charge is 0.503 e. The van der Waals surface area contributed by atoms with Gasteiger partial charge in [0.1, 0.15) is 16.7 Å². The maximum atomic E-state index is 13.3. The minimum Gasteiger partial charge on any atom is -0.503 e. The lowest BCUT2D eigenvalue weighted by molar-refractivity contribution is -0.117. The van der Waals surface area contributed by atoms with Crippen molar-refractivity contribution in [3.05, 3.63) is 79.9 Å². The quantitative estimate of drug-likeness (QED) is 0.416. The molecule has 1 N–H and O–H groups in total. The number of hydrogen-bond acceptors (Lipinski definition) is 8. The molecule has 0 fully saturated rings. The summed E-state index contributed by atoms with van der Waals surface area (Å²) in [7, 11) is 0. The summed E-state index contributed by atoms with van der Waals surface area (Å²) < 4.78 is 18.4. The number of anilines is 1. The molecule has 0 bridgehead atoms. The van der Waals surface area contributed by atoms with E-state index in [4.69, 9.17) is 4.74 Å². The Hall–Kier alpha value is -3.37. The van der Waals surface area contributed by atoms with Crippen molar-refractivity contribution < 1.29 is 28.6 Å². The molecule has 0 radical (unpaired) electrons. The number of halogens is 1. The fraction of sp³-hybridized carbons (Fsp3) is 0.182. The van der Waals surface area contributed by atoms with Gasteiger partial charge in [0.25, 0.3) is 5.91 Å². The predicted octanol–water partition coefficient (Wildman–Crippen LogP) is 4.61. The first-order chi connectivity index (χ1) is 15.3. The van der Waals surface area contributed by atoms with Crippen LogP contribution in [0.5, 0.6) is 0 Å². The number of nitrogens with zero attached hydrogens (tertiary/aromatic N) is 2. The average molecular weight is 473 g/mol. The summed E-state index contributed by atoms with van der Waals surface area (Å²) in [5.74, 6) is -3.19. The third kappa shape index (κ3) is 3.71. The van der Waals surface area contributed by atoms with E-state index in [1.807, 2.05) is 0 Å². The smallest absolute Gasteiger partial charge is 0.350 e. The number of ether oxygens (including phenoxy) is 1. The van der Waals surface area contributed by atoms with Crippen LogP contribution in [0.2, 0.25) is 0 Å². The molecular formula is C22H17FN2O5S2. The molecule has 1 atom stereocenters. The highest BCUT2D eigenvalue weighted by atomic mass is 32.1. The third-order valence-electron chi connectivity index (χ3n) is 4.82. The van der Waals surface area contributed by atoms with Gasteiger partial charge < -0.3 is 9.84 Å². The summed E-state index contributed by atoms with van der Waals surface area (Å²) in [5, 5.41) is 12.6. The molecule has 1 aliphatic rings. The molecule has 0 spiro atoms. The number of aromatic nitrogens is 1. The van der Waals surface area contributed by atoms with Gasteiger partial charge in [-0.2, -0.15) is 0 Å². The maximum absolute atomic E-state index is 13.3. The van der Waals surface area contributed by atoms with E-state index in [0.29, 0.717) is 10.6 Å². The zero-order valence-electron chi connectivity index (χ0n) is 17.0. The number of ketones is 1. The van der Waals surface area contributed by atoms with Crippen LogP contribution in [0.15, 0.2) is 53.1 Å². The number of thiophene rings is 1. The Labute approximate surface area is 190 Å². The van der Waals surface area contributed by atoms with Gasteiger partial charge in [-0.05, 0) is 49.6 Å². The van der Waals surface area contributed by atoms with Crippen molar-refractivity contribution in [1.82, 2.24) is 4.98 Å². The molecule has 164 valence electrons. The highest BCUT2D eigenvalue weighted by Crippen LogP contribution is 2.44. The monoisotopic (exact) mass is 472 g/mol. The van der Waals surface area contributed by atoms with E-state index in [1.54, 1.807) is 31.4 Å². The molecule has 4 rings (SSSR count). The SMILES string of the molecule is CCOC(=O)c1sc(N2C(=O)C(O)=C(C(=O)c3ccc(F)cc3)C2c2cccs2)nc1C. The molecular weight excluding hydrogens is 455 g/mol. The molecule has 0 aliphatic carbocycles. The van der Waals surface area contributed by atoms with E-state index < -0.39 is 35.3 Å². The van der Waals surface area contributed by atoms with Crippen molar-refractivity contribution in [2.45, 2.75) is 19.9 Å². The highest BCUT2D eigenvalue weighted by Gasteiger charge is 2.46. The van der Waals surface area contributed by atoms with Crippen LogP contribution < -0.4 is 4.90 Å². The molecule has 2 aromatic heterocycles. The van der Waals surface area contributed by atoms with Gasteiger partial charge in [0.15, 0.2) is 16.7 Å². The molecule has 1 aliphatic heterocycles. The van der Waals surface area contributed by atoms with Crippen molar-refractivity contribution in [3.8, 4) is 0 Å². The van der Waals surface area contributed by atoms with Crippen LogP contribution in [0.4, 0.5) is 9.52 Å². The summed E-state index contributed by atoms with van der Waals surface area (Å²) in [4.78, 5) is 45.0. The molecule has 32 heavy (non-hydrogen) atoms.